The number of likely N-dealkylation sites (tertiary alicyclic amines) is 1. The fourth-order valence-corrected chi connectivity index (χ4v) is 2.53. The molecular weight excluding hydrogens is 252 g/mol. The second kappa shape index (κ2) is 7.24. The lowest BCUT2D eigenvalue weighted by molar-refractivity contribution is 0.0927. The van der Waals surface area contributed by atoms with E-state index in [-0.39, 0.29) is 11.9 Å². The predicted molar refractivity (Wildman–Crippen MR) is 81.0 cm³/mol. The zero-order chi connectivity index (χ0) is 14.4. The van der Waals surface area contributed by atoms with Crippen molar-refractivity contribution in [3.05, 3.63) is 24.0 Å². The summed E-state index contributed by atoms with van der Waals surface area (Å²) in [5.74, 6) is -0.0975. The van der Waals surface area contributed by atoms with Crippen molar-refractivity contribution >= 4 is 11.6 Å². The molecule has 1 unspecified atom stereocenters. The van der Waals surface area contributed by atoms with E-state index in [9.17, 15) is 4.79 Å². The molecule has 1 aromatic rings. The van der Waals surface area contributed by atoms with Crippen LogP contribution in [0.3, 0.4) is 0 Å². The summed E-state index contributed by atoms with van der Waals surface area (Å²) in [7, 11) is 0. The molecule has 0 radical (unpaired) electrons. The molecule has 1 amide bonds. The molecule has 0 aliphatic carbocycles. The first kappa shape index (κ1) is 14.8. The zero-order valence-electron chi connectivity index (χ0n) is 12.4. The summed E-state index contributed by atoms with van der Waals surface area (Å²) >= 11 is 0. The van der Waals surface area contributed by atoms with Gasteiger partial charge in [0.05, 0.1) is 11.9 Å². The van der Waals surface area contributed by atoms with Gasteiger partial charge in [-0.05, 0) is 51.9 Å². The molecule has 2 N–H and O–H groups in total. The van der Waals surface area contributed by atoms with Gasteiger partial charge in [0, 0.05) is 19.1 Å². The van der Waals surface area contributed by atoms with Gasteiger partial charge in [0.25, 0.3) is 5.91 Å². The van der Waals surface area contributed by atoms with E-state index in [1.165, 1.54) is 12.8 Å². The minimum atomic E-state index is -0.0975. The lowest BCUT2D eigenvalue weighted by Crippen LogP contribution is -2.41. The van der Waals surface area contributed by atoms with Crippen LogP contribution in [-0.4, -0.2) is 48.0 Å². The summed E-state index contributed by atoms with van der Waals surface area (Å²) < 4.78 is 0. The van der Waals surface area contributed by atoms with Gasteiger partial charge in [-0.3, -0.25) is 4.79 Å². The highest BCUT2D eigenvalue weighted by molar-refractivity contribution is 5.92. The number of aromatic nitrogens is 1. The van der Waals surface area contributed by atoms with Crippen molar-refractivity contribution < 1.29 is 4.79 Å². The lowest BCUT2D eigenvalue weighted by Gasteiger charge is -2.21. The fraction of sp³-hybridized carbons (Fsp3) is 0.600. The number of hydrogen-bond donors (Lipinski definition) is 2. The van der Waals surface area contributed by atoms with Crippen molar-refractivity contribution in [2.45, 2.75) is 32.7 Å². The van der Waals surface area contributed by atoms with Gasteiger partial charge in [0.1, 0.15) is 5.69 Å². The molecule has 0 saturated carbocycles. The lowest BCUT2D eigenvalue weighted by atomic mass is 10.2. The van der Waals surface area contributed by atoms with E-state index in [1.54, 1.807) is 12.3 Å². The molecule has 0 aromatic carbocycles. The van der Waals surface area contributed by atoms with Crippen molar-refractivity contribution in [3.8, 4) is 0 Å². The maximum absolute atomic E-state index is 12.1. The van der Waals surface area contributed by atoms with Crippen molar-refractivity contribution in [2.75, 3.05) is 31.5 Å². The summed E-state index contributed by atoms with van der Waals surface area (Å²) in [5, 5.41) is 6.17. The molecule has 110 valence electrons. The van der Waals surface area contributed by atoms with Gasteiger partial charge >= 0.3 is 0 Å². The van der Waals surface area contributed by atoms with E-state index >= 15 is 0 Å². The fourth-order valence-electron chi connectivity index (χ4n) is 2.53. The third-order valence-electron chi connectivity index (χ3n) is 3.49. The van der Waals surface area contributed by atoms with Crippen LogP contribution in [0.2, 0.25) is 0 Å². The largest absolute Gasteiger partial charge is 0.384 e. The van der Waals surface area contributed by atoms with Gasteiger partial charge in [-0.2, -0.15) is 0 Å². The number of hydrogen-bond acceptors (Lipinski definition) is 4. The second-order valence-electron chi connectivity index (χ2n) is 5.34. The standard InChI is InChI=1S/C15H24N4O/c1-3-16-13-6-7-14(17-10-13)15(20)18-12(2)11-19-8-4-5-9-19/h6-7,10,12,16H,3-5,8-9,11H2,1-2H3,(H,18,20). The molecule has 5 nitrogen and oxygen atoms in total. The number of carbonyl (C=O) groups excluding carboxylic acids is 1. The van der Waals surface area contributed by atoms with Crippen LogP contribution in [0.15, 0.2) is 18.3 Å². The van der Waals surface area contributed by atoms with Crippen LogP contribution in [0.25, 0.3) is 0 Å². The molecule has 1 aliphatic heterocycles. The minimum absolute atomic E-state index is 0.0975. The van der Waals surface area contributed by atoms with E-state index < -0.39 is 0 Å². The maximum Gasteiger partial charge on any atom is 0.270 e. The van der Waals surface area contributed by atoms with Crippen molar-refractivity contribution in [3.63, 3.8) is 0 Å². The third-order valence-corrected chi connectivity index (χ3v) is 3.49. The van der Waals surface area contributed by atoms with Crippen molar-refractivity contribution in [1.82, 2.24) is 15.2 Å². The Bertz CT molecular complexity index is 426. The third kappa shape index (κ3) is 4.20. The number of rotatable bonds is 6. The normalized spacial score (nSPS) is 16.9. The Balaban J connectivity index is 1.83. The molecule has 1 fully saturated rings. The Labute approximate surface area is 120 Å². The van der Waals surface area contributed by atoms with Crippen LogP contribution in [0.4, 0.5) is 5.69 Å². The summed E-state index contributed by atoms with van der Waals surface area (Å²) in [6, 6.07) is 3.79. The van der Waals surface area contributed by atoms with Gasteiger partial charge in [-0.15, -0.1) is 0 Å². The van der Waals surface area contributed by atoms with Crippen LogP contribution in [0, 0.1) is 0 Å². The van der Waals surface area contributed by atoms with Gasteiger partial charge in [-0.25, -0.2) is 4.98 Å². The van der Waals surface area contributed by atoms with Gasteiger partial charge in [0.15, 0.2) is 0 Å². The Morgan fingerprint density at radius 3 is 2.75 bits per heavy atom. The average molecular weight is 276 g/mol. The Morgan fingerprint density at radius 1 is 1.40 bits per heavy atom. The van der Waals surface area contributed by atoms with Gasteiger partial charge < -0.3 is 15.5 Å². The van der Waals surface area contributed by atoms with Crippen LogP contribution in [0.5, 0.6) is 0 Å². The van der Waals surface area contributed by atoms with Crippen molar-refractivity contribution in [1.29, 1.82) is 0 Å². The highest BCUT2D eigenvalue weighted by Gasteiger charge is 2.16. The first-order valence-corrected chi connectivity index (χ1v) is 7.42. The number of pyridine rings is 1. The molecule has 1 aliphatic rings. The van der Waals surface area contributed by atoms with Crippen LogP contribution >= 0.6 is 0 Å². The second-order valence-corrected chi connectivity index (χ2v) is 5.34. The van der Waals surface area contributed by atoms with E-state index in [0.717, 1.165) is 31.9 Å². The Hall–Kier alpha value is -1.62. The summed E-state index contributed by atoms with van der Waals surface area (Å²) in [6.07, 6.45) is 4.24. The van der Waals surface area contributed by atoms with E-state index in [2.05, 4.69) is 20.5 Å². The molecule has 1 saturated heterocycles. The Kier molecular flexibility index (Phi) is 5.35. The monoisotopic (exact) mass is 276 g/mol. The van der Waals surface area contributed by atoms with Gasteiger partial charge in [-0.1, -0.05) is 0 Å². The molecule has 0 spiro atoms. The Morgan fingerprint density at radius 2 is 2.15 bits per heavy atom. The number of nitrogens with one attached hydrogen (secondary N) is 2. The summed E-state index contributed by atoms with van der Waals surface area (Å²) in [6.45, 7) is 8.14. The molecule has 2 rings (SSSR count). The van der Waals surface area contributed by atoms with Crippen LogP contribution in [-0.2, 0) is 0 Å². The average Bonchev–Trinajstić information content (AvgIpc) is 2.92. The summed E-state index contributed by atoms with van der Waals surface area (Å²) in [4.78, 5) is 18.7. The minimum Gasteiger partial charge on any atom is -0.384 e. The molecule has 5 heteroatoms. The van der Waals surface area contributed by atoms with Crippen LogP contribution in [0.1, 0.15) is 37.2 Å². The molecule has 0 bridgehead atoms. The highest BCUT2D eigenvalue weighted by Crippen LogP contribution is 2.08. The molecular formula is C15H24N4O. The molecule has 20 heavy (non-hydrogen) atoms. The number of carbonyl (C=O) groups is 1. The first-order chi connectivity index (χ1) is 9.69. The van der Waals surface area contributed by atoms with Gasteiger partial charge in [0.2, 0.25) is 0 Å². The molecule has 1 aromatic heterocycles. The number of anilines is 1. The zero-order valence-corrected chi connectivity index (χ0v) is 12.4. The van der Waals surface area contributed by atoms with Crippen molar-refractivity contribution in [2.24, 2.45) is 0 Å². The van der Waals surface area contributed by atoms with E-state index in [0.29, 0.717) is 5.69 Å². The molecule has 1 atom stereocenters. The maximum atomic E-state index is 12.1. The predicted octanol–water partition coefficient (Wildman–Crippen LogP) is 1.73. The SMILES string of the molecule is CCNc1ccc(C(=O)NC(C)CN2CCCC2)nc1. The quantitative estimate of drug-likeness (QED) is 0.831. The highest BCUT2D eigenvalue weighted by atomic mass is 16.1. The molecule has 2 heterocycles. The van der Waals surface area contributed by atoms with E-state index in [1.807, 2.05) is 19.9 Å². The smallest absolute Gasteiger partial charge is 0.270 e. The van der Waals surface area contributed by atoms with Crippen LogP contribution < -0.4 is 10.6 Å². The summed E-state index contributed by atoms with van der Waals surface area (Å²) in [5.41, 5.74) is 1.41. The van der Waals surface area contributed by atoms with E-state index in [4.69, 9.17) is 0 Å². The number of nitrogens with zero attached hydrogens (tertiary/aromatic N) is 2. The first-order valence-electron chi connectivity index (χ1n) is 7.42. The number of amides is 1. The topological polar surface area (TPSA) is 57.3 Å².